The lowest BCUT2D eigenvalue weighted by molar-refractivity contribution is 0.102. The Morgan fingerprint density at radius 1 is 1.29 bits per heavy atom. The number of nitriles is 1. The number of benzene rings is 2. The van der Waals surface area contributed by atoms with Crippen molar-refractivity contribution in [3.8, 4) is 11.8 Å². The standard InChI is InChI=1S/C16H15N3O2/c1-10-3-5-12(18)8-13(10)16(20)19-14-6-4-11(9-17)7-15(14)21-2/h3-8H,18H2,1-2H3,(H,19,20). The number of rotatable bonds is 3. The summed E-state index contributed by atoms with van der Waals surface area (Å²) in [6, 6.07) is 12.0. The number of nitrogens with zero attached hydrogens (tertiary/aromatic N) is 1. The minimum Gasteiger partial charge on any atom is -0.495 e. The average Bonchev–Trinajstić information content (AvgIpc) is 2.49. The van der Waals surface area contributed by atoms with Crippen molar-refractivity contribution in [3.05, 3.63) is 53.1 Å². The van der Waals surface area contributed by atoms with Crippen LogP contribution in [0.5, 0.6) is 5.75 Å². The van der Waals surface area contributed by atoms with Gasteiger partial charge in [0.1, 0.15) is 5.75 Å². The van der Waals surface area contributed by atoms with E-state index in [0.717, 1.165) is 5.56 Å². The topological polar surface area (TPSA) is 88.1 Å². The van der Waals surface area contributed by atoms with Crippen LogP contribution in [0.1, 0.15) is 21.5 Å². The summed E-state index contributed by atoms with van der Waals surface area (Å²) in [6.45, 7) is 1.84. The molecule has 3 N–H and O–H groups in total. The molecule has 2 rings (SSSR count). The van der Waals surface area contributed by atoms with Gasteiger partial charge in [-0.25, -0.2) is 0 Å². The summed E-state index contributed by atoms with van der Waals surface area (Å²) < 4.78 is 5.19. The lowest BCUT2D eigenvalue weighted by atomic mass is 10.1. The van der Waals surface area contributed by atoms with E-state index in [9.17, 15) is 4.79 Å². The summed E-state index contributed by atoms with van der Waals surface area (Å²) in [6.07, 6.45) is 0. The third kappa shape index (κ3) is 3.12. The molecule has 0 spiro atoms. The first-order chi connectivity index (χ1) is 10.0. The van der Waals surface area contributed by atoms with Crippen molar-refractivity contribution >= 4 is 17.3 Å². The molecular weight excluding hydrogens is 266 g/mol. The highest BCUT2D eigenvalue weighted by atomic mass is 16.5. The second-order valence-corrected chi connectivity index (χ2v) is 4.56. The fourth-order valence-electron chi connectivity index (χ4n) is 1.94. The summed E-state index contributed by atoms with van der Waals surface area (Å²) in [5, 5.41) is 11.6. The number of aryl methyl sites for hydroxylation is 1. The van der Waals surface area contributed by atoms with Gasteiger partial charge in [0.2, 0.25) is 0 Å². The molecule has 21 heavy (non-hydrogen) atoms. The van der Waals surface area contributed by atoms with Gasteiger partial charge in [0, 0.05) is 17.3 Å². The quantitative estimate of drug-likeness (QED) is 0.847. The number of nitrogens with two attached hydrogens (primary N) is 1. The largest absolute Gasteiger partial charge is 0.495 e. The van der Waals surface area contributed by atoms with Crippen LogP contribution in [-0.2, 0) is 0 Å². The molecular formula is C16H15N3O2. The number of ether oxygens (including phenoxy) is 1. The van der Waals surface area contributed by atoms with Crippen LogP contribution in [0.2, 0.25) is 0 Å². The van der Waals surface area contributed by atoms with E-state index in [4.69, 9.17) is 15.7 Å². The zero-order valence-corrected chi connectivity index (χ0v) is 11.8. The second kappa shape index (κ2) is 5.97. The molecule has 0 unspecified atom stereocenters. The molecule has 0 aliphatic rings. The number of hydrogen-bond acceptors (Lipinski definition) is 4. The number of anilines is 2. The number of nitrogens with one attached hydrogen (secondary N) is 1. The maximum absolute atomic E-state index is 12.3. The molecule has 0 heterocycles. The molecule has 2 aromatic rings. The number of hydrogen-bond donors (Lipinski definition) is 2. The van der Waals surface area contributed by atoms with Crippen molar-refractivity contribution in [1.82, 2.24) is 0 Å². The fraction of sp³-hybridized carbons (Fsp3) is 0.125. The van der Waals surface area contributed by atoms with Gasteiger partial charge in [0.15, 0.2) is 0 Å². The van der Waals surface area contributed by atoms with Gasteiger partial charge in [-0.05, 0) is 36.8 Å². The summed E-state index contributed by atoms with van der Waals surface area (Å²) >= 11 is 0. The van der Waals surface area contributed by atoms with Gasteiger partial charge in [-0.3, -0.25) is 4.79 Å². The van der Waals surface area contributed by atoms with Gasteiger partial charge in [0.05, 0.1) is 24.4 Å². The highest BCUT2D eigenvalue weighted by molar-refractivity contribution is 6.06. The summed E-state index contributed by atoms with van der Waals surface area (Å²) in [5.41, 5.74) is 8.53. The lowest BCUT2D eigenvalue weighted by Crippen LogP contribution is -2.14. The van der Waals surface area contributed by atoms with Crippen LogP contribution < -0.4 is 15.8 Å². The Morgan fingerprint density at radius 2 is 2.05 bits per heavy atom. The van der Waals surface area contributed by atoms with Gasteiger partial charge >= 0.3 is 0 Å². The molecule has 0 aliphatic carbocycles. The Kier molecular flexibility index (Phi) is 4.10. The molecule has 1 amide bonds. The van der Waals surface area contributed by atoms with Crippen LogP contribution in [0.4, 0.5) is 11.4 Å². The van der Waals surface area contributed by atoms with Crippen LogP contribution in [0, 0.1) is 18.3 Å². The highest BCUT2D eigenvalue weighted by Crippen LogP contribution is 2.26. The Labute approximate surface area is 123 Å². The number of carbonyl (C=O) groups is 1. The summed E-state index contributed by atoms with van der Waals surface area (Å²) in [7, 11) is 1.48. The third-order valence-electron chi connectivity index (χ3n) is 3.09. The Morgan fingerprint density at radius 3 is 2.71 bits per heavy atom. The molecule has 0 bridgehead atoms. The molecule has 0 aliphatic heterocycles. The van der Waals surface area contributed by atoms with E-state index in [0.29, 0.717) is 28.3 Å². The van der Waals surface area contributed by atoms with Crippen LogP contribution in [0.25, 0.3) is 0 Å². The Balaban J connectivity index is 2.32. The average molecular weight is 281 g/mol. The fourth-order valence-corrected chi connectivity index (χ4v) is 1.94. The van der Waals surface area contributed by atoms with E-state index in [1.807, 2.05) is 13.0 Å². The molecule has 5 nitrogen and oxygen atoms in total. The molecule has 5 heteroatoms. The van der Waals surface area contributed by atoms with E-state index < -0.39 is 0 Å². The zero-order valence-electron chi connectivity index (χ0n) is 11.8. The maximum atomic E-state index is 12.3. The monoisotopic (exact) mass is 281 g/mol. The van der Waals surface area contributed by atoms with E-state index in [2.05, 4.69) is 5.32 Å². The number of carbonyl (C=O) groups excluding carboxylic acids is 1. The van der Waals surface area contributed by atoms with E-state index in [1.165, 1.54) is 7.11 Å². The first kappa shape index (κ1) is 14.4. The van der Waals surface area contributed by atoms with Gasteiger partial charge < -0.3 is 15.8 Å². The first-order valence-corrected chi connectivity index (χ1v) is 6.30. The SMILES string of the molecule is COc1cc(C#N)ccc1NC(=O)c1cc(N)ccc1C. The predicted molar refractivity (Wildman–Crippen MR) is 81.3 cm³/mol. The normalized spacial score (nSPS) is 9.76. The molecule has 0 saturated heterocycles. The van der Waals surface area contributed by atoms with Gasteiger partial charge in [-0.1, -0.05) is 6.07 Å². The highest BCUT2D eigenvalue weighted by Gasteiger charge is 2.12. The number of amides is 1. The minimum absolute atomic E-state index is 0.275. The van der Waals surface area contributed by atoms with Crippen molar-refractivity contribution in [3.63, 3.8) is 0 Å². The third-order valence-corrected chi connectivity index (χ3v) is 3.09. The van der Waals surface area contributed by atoms with Gasteiger partial charge in [-0.15, -0.1) is 0 Å². The lowest BCUT2D eigenvalue weighted by Gasteiger charge is -2.12. The van der Waals surface area contributed by atoms with E-state index in [1.54, 1.807) is 36.4 Å². The predicted octanol–water partition coefficient (Wildman–Crippen LogP) is 2.71. The van der Waals surface area contributed by atoms with Crippen molar-refractivity contribution < 1.29 is 9.53 Å². The van der Waals surface area contributed by atoms with E-state index >= 15 is 0 Å². The first-order valence-electron chi connectivity index (χ1n) is 6.30. The van der Waals surface area contributed by atoms with Crippen LogP contribution in [0.3, 0.4) is 0 Å². The Hall–Kier alpha value is -3.00. The van der Waals surface area contributed by atoms with Crippen molar-refractivity contribution in [2.45, 2.75) is 6.92 Å². The van der Waals surface area contributed by atoms with Crippen molar-refractivity contribution in [2.24, 2.45) is 0 Å². The molecule has 106 valence electrons. The Bertz CT molecular complexity index is 733. The molecule has 0 atom stereocenters. The molecule has 0 fully saturated rings. The zero-order chi connectivity index (χ0) is 15.4. The molecule has 0 saturated carbocycles. The van der Waals surface area contributed by atoms with Gasteiger partial charge in [-0.2, -0.15) is 5.26 Å². The summed E-state index contributed by atoms with van der Waals surface area (Å²) in [5.74, 6) is 0.159. The van der Waals surface area contributed by atoms with Crippen LogP contribution in [-0.4, -0.2) is 13.0 Å². The number of nitrogen functional groups attached to an aromatic ring is 1. The number of methoxy groups -OCH3 is 1. The van der Waals surface area contributed by atoms with Crippen molar-refractivity contribution in [2.75, 3.05) is 18.2 Å². The van der Waals surface area contributed by atoms with Crippen LogP contribution in [0.15, 0.2) is 36.4 Å². The second-order valence-electron chi connectivity index (χ2n) is 4.56. The smallest absolute Gasteiger partial charge is 0.256 e. The van der Waals surface area contributed by atoms with Crippen molar-refractivity contribution in [1.29, 1.82) is 5.26 Å². The van der Waals surface area contributed by atoms with Gasteiger partial charge in [0.25, 0.3) is 5.91 Å². The summed E-state index contributed by atoms with van der Waals surface area (Å²) in [4.78, 5) is 12.3. The maximum Gasteiger partial charge on any atom is 0.256 e. The molecule has 0 aromatic heterocycles. The minimum atomic E-state index is -0.275. The molecule has 2 aromatic carbocycles. The molecule has 0 radical (unpaired) electrons. The van der Waals surface area contributed by atoms with Crippen LogP contribution >= 0.6 is 0 Å². The van der Waals surface area contributed by atoms with E-state index in [-0.39, 0.29) is 5.91 Å².